The number of alkyl halides is 3. The minimum atomic E-state index is -4.55. The van der Waals surface area contributed by atoms with Gasteiger partial charge in [0.15, 0.2) is 0 Å². The van der Waals surface area contributed by atoms with Gasteiger partial charge in [0.1, 0.15) is 5.69 Å². The molecule has 0 bridgehead atoms. The number of carboxylic acid groups (broad SMARTS) is 1. The first-order valence-corrected chi connectivity index (χ1v) is 6.52. The Morgan fingerprint density at radius 2 is 1.83 bits per heavy atom. The zero-order chi connectivity index (χ0) is 18.1. The smallest absolute Gasteiger partial charge is 0.416 e. The monoisotopic (exact) mass is 340 g/mol. The molecule has 0 unspecified atom stereocenters. The Morgan fingerprint density at radius 3 is 2.42 bits per heavy atom. The lowest BCUT2D eigenvalue weighted by Gasteiger charge is -2.10. The van der Waals surface area contributed by atoms with E-state index in [1.807, 2.05) is 0 Å². The topological polar surface area (TPSA) is 88.4 Å². The minimum absolute atomic E-state index is 0.0722. The van der Waals surface area contributed by atoms with Crippen molar-refractivity contribution in [1.29, 1.82) is 0 Å². The summed E-state index contributed by atoms with van der Waals surface area (Å²) in [6.07, 6.45) is -3.40. The summed E-state index contributed by atoms with van der Waals surface area (Å²) in [5.74, 6) is -3.64. The molecule has 0 aliphatic heterocycles. The van der Waals surface area contributed by atoms with E-state index in [1.165, 1.54) is 17.7 Å². The van der Waals surface area contributed by atoms with Crippen molar-refractivity contribution in [2.75, 3.05) is 5.32 Å². The van der Waals surface area contributed by atoms with Crippen molar-refractivity contribution in [2.24, 2.45) is 7.05 Å². The van der Waals surface area contributed by atoms with Gasteiger partial charge in [-0.25, -0.2) is 4.79 Å². The molecule has 9 heteroatoms. The molecular formula is C15H11F3N2O4. The second-order valence-electron chi connectivity index (χ2n) is 4.89. The normalized spacial score (nSPS) is 11.2. The fourth-order valence-corrected chi connectivity index (χ4v) is 2.01. The van der Waals surface area contributed by atoms with Crippen LogP contribution in [0.2, 0.25) is 0 Å². The lowest BCUT2D eigenvalue weighted by Crippen LogP contribution is -2.16. The molecule has 24 heavy (non-hydrogen) atoms. The molecule has 0 atom stereocenters. The van der Waals surface area contributed by atoms with Crippen LogP contribution in [0.15, 0.2) is 36.5 Å². The van der Waals surface area contributed by atoms with Gasteiger partial charge in [0.2, 0.25) is 0 Å². The van der Waals surface area contributed by atoms with Gasteiger partial charge in [0, 0.05) is 24.5 Å². The van der Waals surface area contributed by atoms with Gasteiger partial charge >= 0.3 is 12.1 Å². The number of hydrogen-bond donors (Lipinski definition) is 2. The molecule has 1 amide bonds. The third-order valence-corrected chi connectivity index (χ3v) is 3.14. The maximum atomic E-state index is 12.7. The Balaban J connectivity index is 2.25. The van der Waals surface area contributed by atoms with E-state index in [0.717, 1.165) is 30.5 Å². The highest BCUT2D eigenvalue weighted by Gasteiger charge is 2.30. The van der Waals surface area contributed by atoms with Crippen molar-refractivity contribution in [3.8, 4) is 0 Å². The molecular weight excluding hydrogens is 329 g/mol. The van der Waals surface area contributed by atoms with Crippen molar-refractivity contribution >= 4 is 23.3 Å². The Morgan fingerprint density at radius 1 is 1.17 bits per heavy atom. The number of carbonyl (C=O) groups is 3. The first-order valence-electron chi connectivity index (χ1n) is 6.52. The van der Waals surface area contributed by atoms with E-state index in [-0.39, 0.29) is 16.9 Å². The van der Waals surface area contributed by atoms with Crippen LogP contribution in [0.3, 0.4) is 0 Å². The van der Waals surface area contributed by atoms with E-state index in [1.54, 1.807) is 0 Å². The number of amides is 1. The van der Waals surface area contributed by atoms with E-state index < -0.39 is 29.4 Å². The third-order valence-electron chi connectivity index (χ3n) is 3.14. The molecule has 1 aromatic heterocycles. The minimum Gasteiger partial charge on any atom is -0.475 e. The van der Waals surface area contributed by atoms with Crippen LogP contribution >= 0.6 is 0 Å². The number of carbonyl (C=O) groups excluding carboxylic acids is 2. The van der Waals surface area contributed by atoms with Gasteiger partial charge in [-0.2, -0.15) is 13.2 Å². The van der Waals surface area contributed by atoms with Gasteiger partial charge in [0.25, 0.3) is 11.7 Å². The molecule has 0 radical (unpaired) electrons. The molecule has 0 spiro atoms. The van der Waals surface area contributed by atoms with Crippen molar-refractivity contribution < 1.29 is 32.7 Å². The maximum absolute atomic E-state index is 12.7. The van der Waals surface area contributed by atoms with E-state index in [4.69, 9.17) is 5.11 Å². The van der Waals surface area contributed by atoms with Gasteiger partial charge in [-0.15, -0.1) is 0 Å². The van der Waals surface area contributed by atoms with Crippen LogP contribution in [0.1, 0.15) is 26.4 Å². The molecule has 0 saturated carbocycles. The van der Waals surface area contributed by atoms with Crippen LogP contribution in [-0.4, -0.2) is 27.3 Å². The third kappa shape index (κ3) is 3.62. The fraction of sp³-hybridized carbons (Fsp3) is 0.133. The zero-order valence-corrected chi connectivity index (χ0v) is 12.2. The number of carboxylic acids is 1. The number of Topliss-reactive ketones (excluding diaryl/α,β-unsaturated/α-hetero) is 1. The molecule has 0 fully saturated rings. The van der Waals surface area contributed by atoms with Crippen molar-refractivity contribution in [1.82, 2.24) is 4.57 Å². The molecule has 1 aromatic carbocycles. The Kier molecular flexibility index (Phi) is 4.45. The highest BCUT2D eigenvalue weighted by Crippen LogP contribution is 2.30. The van der Waals surface area contributed by atoms with Gasteiger partial charge in [-0.05, 0) is 24.3 Å². The number of benzene rings is 1. The van der Waals surface area contributed by atoms with Crippen LogP contribution in [-0.2, 0) is 18.0 Å². The lowest BCUT2D eigenvalue weighted by molar-refractivity contribution is -0.137. The predicted molar refractivity (Wildman–Crippen MR) is 76.8 cm³/mol. The number of rotatable bonds is 4. The number of nitrogens with one attached hydrogen (secondary N) is 1. The Hall–Kier alpha value is -3.10. The van der Waals surface area contributed by atoms with Crippen LogP contribution in [0.4, 0.5) is 18.9 Å². The van der Waals surface area contributed by atoms with E-state index in [9.17, 15) is 27.6 Å². The summed E-state index contributed by atoms with van der Waals surface area (Å²) in [6, 6.07) is 5.10. The van der Waals surface area contributed by atoms with Crippen LogP contribution in [0.5, 0.6) is 0 Å². The number of aromatic nitrogens is 1. The SMILES string of the molecule is Cn1cc(C(=O)C(=O)O)cc1C(=O)Nc1cccc(C(F)(F)F)c1. The summed E-state index contributed by atoms with van der Waals surface area (Å²) >= 11 is 0. The number of nitrogens with zero attached hydrogens (tertiary/aromatic N) is 1. The average molecular weight is 340 g/mol. The second kappa shape index (κ2) is 6.19. The van der Waals surface area contributed by atoms with E-state index in [2.05, 4.69) is 5.32 Å². The van der Waals surface area contributed by atoms with Gasteiger partial charge in [-0.1, -0.05) is 6.07 Å². The van der Waals surface area contributed by atoms with Crippen molar-refractivity contribution in [2.45, 2.75) is 6.18 Å². The number of anilines is 1. The molecule has 0 aliphatic carbocycles. The van der Waals surface area contributed by atoms with Gasteiger partial charge in [-0.3, -0.25) is 9.59 Å². The van der Waals surface area contributed by atoms with Crippen LogP contribution in [0.25, 0.3) is 0 Å². The molecule has 126 valence electrons. The van der Waals surface area contributed by atoms with E-state index >= 15 is 0 Å². The molecule has 6 nitrogen and oxygen atoms in total. The standard InChI is InChI=1S/C15H11F3N2O4/c1-20-7-8(12(21)14(23)24)5-11(20)13(22)19-10-4-2-3-9(6-10)15(16,17)18/h2-7H,1H3,(H,19,22)(H,23,24). The lowest BCUT2D eigenvalue weighted by atomic mass is 10.2. The summed E-state index contributed by atoms with van der Waals surface area (Å²) < 4.78 is 39.2. The molecule has 2 rings (SSSR count). The number of hydrogen-bond acceptors (Lipinski definition) is 3. The number of halogens is 3. The van der Waals surface area contributed by atoms with Crippen LogP contribution in [0, 0.1) is 0 Å². The Bertz CT molecular complexity index is 824. The summed E-state index contributed by atoms with van der Waals surface area (Å²) in [6.45, 7) is 0. The highest BCUT2D eigenvalue weighted by molar-refractivity contribution is 6.40. The number of aliphatic carboxylic acids is 1. The molecule has 1 heterocycles. The van der Waals surface area contributed by atoms with Crippen LogP contribution < -0.4 is 5.32 Å². The summed E-state index contributed by atoms with van der Waals surface area (Å²) in [5, 5.41) is 10.9. The van der Waals surface area contributed by atoms with Crippen molar-refractivity contribution in [3.63, 3.8) is 0 Å². The number of ketones is 1. The first-order chi connectivity index (χ1) is 11.1. The average Bonchev–Trinajstić information content (AvgIpc) is 2.87. The molecule has 0 aliphatic rings. The predicted octanol–water partition coefficient (Wildman–Crippen LogP) is 2.56. The zero-order valence-electron chi connectivity index (χ0n) is 12.2. The van der Waals surface area contributed by atoms with Crippen molar-refractivity contribution in [3.05, 3.63) is 53.3 Å². The quantitative estimate of drug-likeness (QED) is 0.661. The molecule has 2 aromatic rings. The van der Waals surface area contributed by atoms with Gasteiger partial charge < -0.3 is 15.0 Å². The summed E-state index contributed by atoms with van der Waals surface area (Å²) in [5.41, 5.74) is -1.28. The summed E-state index contributed by atoms with van der Waals surface area (Å²) in [4.78, 5) is 34.2. The maximum Gasteiger partial charge on any atom is 0.416 e. The highest BCUT2D eigenvalue weighted by atomic mass is 19.4. The first kappa shape index (κ1) is 17.3. The second-order valence-corrected chi connectivity index (χ2v) is 4.89. The van der Waals surface area contributed by atoms with E-state index in [0.29, 0.717) is 0 Å². The Labute approximate surface area is 133 Å². The molecule has 2 N–H and O–H groups in total. The fourth-order valence-electron chi connectivity index (χ4n) is 2.01. The molecule has 0 saturated heterocycles. The van der Waals surface area contributed by atoms with Gasteiger partial charge in [0.05, 0.1) is 5.56 Å². The largest absolute Gasteiger partial charge is 0.475 e. The number of aryl methyl sites for hydroxylation is 1. The summed E-state index contributed by atoms with van der Waals surface area (Å²) in [7, 11) is 1.40.